The first-order valence-electron chi connectivity index (χ1n) is 4.62. The highest BCUT2D eigenvalue weighted by atomic mass is 16.6. The number of nitro groups is 1. The van der Waals surface area contributed by atoms with E-state index >= 15 is 0 Å². The molecule has 0 heterocycles. The monoisotopic (exact) mass is 221 g/mol. The van der Waals surface area contributed by atoms with E-state index in [1.165, 1.54) is 13.2 Å². The van der Waals surface area contributed by atoms with Crippen molar-refractivity contribution < 1.29 is 9.66 Å². The molecule has 16 heavy (non-hydrogen) atoms. The quantitative estimate of drug-likeness (QED) is 0.466. The molecule has 0 bridgehead atoms. The van der Waals surface area contributed by atoms with Crippen LogP contribution in [0.5, 0.6) is 5.75 Å². The molecule has 1 rings (SSSR count). The molecule has 0 saturated carbocycles. The molecule has 0 aromatic heterocycles. The smallest absolute Gasteiger partial charge is 0.296 e. The van der Waals surface area contributed by atoms with Crippen LogP contribution < -0.4 is 10.1 Å². The van der Waals surface area contributed by atoms with Gasteiger partial charge in [-0.25, -0.2) is 0 Å². The summed E-state index contributed by atoms with van der Waals surface area (Å²) >= 11 is 0. The second-order valence-electron chi connectivity index (χ2n) is 2.98. The molecule has 0 aliphatic heterocycles. The maximum atomic E-state index is 10.8. The molecule has 0 radical (unpaired) electrons. The van der Waals surface area contributed by atoms with E-state index in [4.69, 9.17) is 10.00 Å². The van der Waals surface area contributed by atoms with Crippen molar-refractivity contribution in [2.45, 2.75) is 6.42 Å². The number of ether oxygens (including phenoxy) is 1. The van der Waals surface area contributed by atoms with Gasteiger partial charge in [-0.05, 0) is 12.1 Å². The summed E-state index contributed by atoms with van der Waals surface area (Å²) in [7, 11) is 1.45. The Balaban J connectivity index is 2.90. The molecule has 1 N–H and O–H groups in total. The largest absolute Gasteiger partial charge is 0.496 e. The Kier molecular flexibility index (Phi) is 4.09. The number of hydrogen-bond donors (Lipinski definition) is 1. The molecular formula is C10H11N3O3. The summed E-state index contributed by atoms with van der Waals surface area (Å²) < 4.78 is 4.90. The van der Waals surface area contributed by atoms with Crippen LogP contribution in [0, 0.1) is 21.4 Å². The van der Waals surface area contributed by atoms with Crippen LogP contribution in [0.25, 0.3) is 0 Å². The minimum Gasteiger partial charge on any atom is -0.496 e. The topological polar surface area (TPSA) is 88.2 Å². The molecule has 0 fully saturated rings. The number of methoxy groups -OCH3 is 1. The Morgan fingerprint density at radius 2 is 2.38 bits per heavy atom. The van der Waals surface area contributed by atoms with Crippen molar-refractivity contribution in [3.63, 3.8) is 0 Å². The Morgan fingerprint density at radius 3 is 2.94 bits per heavy atom. The van der Waals surface area contributed by atoms with Crippen LogP contribution in [-0.4, -0.2) is 18.6 Å². The molecule has 84 valence electrons. The average Bonchev–Trinajstić information content (AvgIpc) is 2.29. The lowest BCUT2D eigenvalue weighted by Gasteiger charge is -2.06. The Labute approximate surface area is 92.6 Å². The normalized spacial score (nSPS) is 9.25. The van der Waals surface area contributed by atoms with Gasteiger partial charge >= 0.3 is 0 Å². The molecule has 0 unspecified atom stereocenters. The Bertz CT molecular complexity index is 426. The molecule has 0 saturated heterocycles. The van der Waals surface area contributed by atoms with Crippen LogP contribution in [0.15, 0.2) is 18.2 Å². The highest BCUT2D eigenvalue weighted by Gasteiger charge is 2.14. The average molecular weight is 221 g/mol. The van der Waals surface area contributed by atoms with Crippen molar-refractivity contribution in [1.82, 2.24) is 0 Å². The van der Waals surface area contributed by atoms with Crippen LogP contribution in [0.2, 0.25) is 0 Å². The van der Waals surface area contributed by atoms with E-state index < -0.39 is 4.92 Å². The number of nitro benzene ring substituents is 1. The van der Waals surface area contributed by atoms with E-state index in [9.17, 15) is 10.1 Å². The SMILES string of the molecule is COc1ccc(NCCC#N)c([N+](=O)[O-])c1. The summed E-state index contributed by atoms with van der Waals surface area (Å²) in [6.45, 7) is 0.379. The Morgan fingerprint density at radius 1 is 1.62 bits per heavy atom. The summed E-state index contributed by atoms with van der Waals surface area (Å²) in [5.41, 5.74) is 0.332. The van der Waals surface area contributed by atoms with Crippen LogP contribution in [0.4, 0.5) is 11.4 Å². The van der Waals surface area contributed by atoms with Crippen LogP contribution in [0.1, 0.15) is 6.42 Å². The van der Waals surface area contributed by atoms with Crippen molar-refractivity contribution >= 4 is 11.4 Å². The summed E-state index contributed by atoms with van der Waals surface area (Å²) in [4.78, 5) is 10.3. The van der Waals surface area contributed by atoms with Crippen molar-refractivity contribution in [1.29, 1.82) is 5.26 Å². The number of anilines is 1. The van der Waals surface area contributed by atoms with Gasteiger partial charge in [0, 0.05) is 6.54 Å². The molecule has 0 spiro atoms. The summed E-state index contributed by atoms with van der Waals surface area (Å²) in [5.74, 6) is 0.428. The lowest BCUT2D eigenvalue weighted by Crippen LogP contribution is -2.03. The third-order valence-corrected chi connectivity index (χ3v) is 1.95. The number of nitrogens with zero attached hydrogens (tertiary/aromatic N) is 2. The number of rotatable bonds is 5. The lowest BCUT2D eigenvalue weighted by atomic mass is 10.2. The molecule has 0 aliphatic carbocycles. The summed E-state index contributed by atoms with van der Waals surface area (Å²) in [5, 5.41) is 22.0. The first-order valence-corrected chi connectivity index (χ1v) is 4.62. The van der Waals surface area contributed by atoms with E-state index in [1.54, 1.807) is 12.1 Å². The van der Waals surface area contributed by atoms with Gasteiger partial charge in [0.2, 0.25) is 0 Å². The first-order chi connectivity index (χ1) is 7.69. The number of nitrogens with one attached hydrogen (secondary N) is 1. The number of benzene rings is 1. The van der Waals surface area contributed by atoms with Crippen molar-refractivity contribution in [2.75, 3.05) is 19.0 Å². The molecule has 0 amide bonds. The van der Waals surface area contributed by atoms with Gasteiger partial charge in [-0.1, -0.05) is 0 Å². The zero-order valence-electron chi connectivity index (χ0n) is 8.77. The summed E-state index contributed by atoms with van der Waals surface area (Å²) in [6.07, 6.45) is 0.295. The van der Waals surface area contributed by atoms with E-state index in [-0.39, 0.29) is 5.69 Å². The molecule has 1 aromatic carbocycles. The van der Waals surface area contributed by atoms with Crippen LogP contribution >= 0.6 is 0 Å². The number of hydrogen-bond acceptors (Lipinski definition) is 5. The molecule has 0 aliphatic rings. The highest BCUT2D eigenvalue weighted by molar-refractivity contribution is 5.63. The Hall–Kier alpha value is -2.29. The van der Waals surface area contributed by atoms with Gasteiger partial charge in [-0.15, -0.1) is 0 Å². The minimum absolute atomic E-state index is 0.0581. The van der Waals surface area contributed by atoms with E-state index in [1.807, 2.05) is 6.07 Å². The second-order valence-corrected chi connectivity index (χ2v) is 2.98. The fourth-order valence-corrected chi connectivity index (χ4v) is 1.19. The fourth-order valence-electron chi connectivity index (χ4n) is 1.19. The van der Waals surface area contributed by atoms with E-state index in [0.29, 0.717) is 24.4 Å². The highest BCUT2D eigenvalue weighted by Crippen LogP contribution is 2.28. The molecule has 0 atom stereocenters. The van der Waals surface area contributed by atoms with Crippen LogP contribution in [0.3, 0.4) is 0 Å². The van der Waals surface area contributed by atoms with E-state index in [0.717, 1.165) is 0 Å². The van der Waals surface area contributed by atoms with Gasteiger partial charge in [0.25, 0.3) is 5.69 Å². The van der Waals surface area contributed by atoms with Gasteiger partial charge in [0.15, 0.2) is 0 Å². The van der Waals surface area contributed by atoms with Gasteiger partial charge in [0.05, 0.1) is 30.6 Å². The van der Waals surface area contributed by atoms with E-state index in [2.05, 4.69) is 5.32 Å². The maximum Gasteiger partial charge on any atom is 0.296 e. The first kappa shape index (κ1) is 11.8. The van der Waals surface area contributed by atoms with Crippen molar-refractivity contribution in [3.05, 3.63) is 28.3 Å². The molecule has 6 heteroatoms. The predicted octanol–water partition coefficient (Wildman–Crippen LogP) is 1.93. The van der Waals surface area contributed by atoms with Crippen LogP contribution in [-0.2, 0) is 0 Å². The van der Waals surface area contributed by atoms with Gasteiger partial charge in [-0.2, -0.15) is 5.26 Å². The second kappa shape index (κ2) is 5.56. The standard InChI is InChI=1S/C10H11N3O3/c1-16-8-3-4-9(12-6-2-5-11)10(7-8)13(14)15/h3-4,7,12H,2,6H2,1H3. The summed E-state index contributed by atoms with van der Waals surface area (Å²) in [6, 6.07) is 6.48. The lowest BCUT2D eigenvalue weighted by molar-refractivity contribution is -0.384. The predicted molar refractivity (Wildman–Crippen MR) is 58.4 cm³/mol. The zero-order chi connectivity index (χ0) is 12.0. The zero-order valence-corrected chi connectivity index (χ0v) is 8.77. The third-order valence-electron chi connectivity index (χ3n) is 1.95. The molecular weight excluding hydrogens is 210 g/mol. The third kappa shape index (κ3) is 2.85. The van der Waals surface area contributed by atoms with Crippen molar-refractivity contribution in [2.24, 2.45) is 0 Å². The maximum absolute atomic E-state index is 10.8. The van der Waals surface area contributed by atoms with Gasteiger partial charge < -0.3 is 10.1 Å². The number of nitriles is 1. The fraction of sp³-hybridized carbons (Fsp3) is 0.300. The van der Waals surface area contributed by atoms with Gasteiger partial charge in [0.1, 0.15) is 11.4 Å². The molecule has 6 nitrogen and oxygen atoms in total. The minimum atomic E-state index is -0.489. The van der Waals surface area contributed by atoms with Crippen molar-refractivity contribution in [3.8, 4) is 11.8 Å². The molecule has 1 aromatic rings. The van der Waals surface area contributed by atoms with Gasteiger partial charge in [-0.3, -0.25) is 10.1 Å².